The summed E-state index contributed by atoms with van der Waals surface area (Å²) in [4.78, 5) is 4.95. The van der Waals surface area contributed by atoms with Gasteiger partial charge in [0.25, 0.3) is 0 Å². The second-order valence-electron chi connectivity index (χ2n) is 8.22. The minimum Gasteiger partial charge on any atom is -0.496 e. The van der Waals surface area contributed by atoms with E-state index in [4.69, 9.17) is 9.15 Å². The Hall–Kier alpha value is -3.49. The van der Waals surface area contributed by atoms with Gasteiger partial charge in [0.2, 0.25) is 0 Å². The van der Waals surface area contributed by atoms with Crippen LogP contribution in [0.4, 0.5) is 0 Å². The minimum atomic E-state index is -0.120. The van der Waals surface area contributed by atoms with Gasteiger partial charge in [0.1, 0.15) is 24.1 Å². The molecule has 0 N–H and O–H groups in total. The third-order valence-electron chi connectivity index (χ3n) is 6.14. The largest absolute Gasteiger partial charge is 0.496 e. The lowest BCUT2D eigenvalue weighted by Gasteiger charge is -2.39. The van der Waals surface area contributed by atoms with E-state index in [0.29, 0.717) is 6.54 Å². The molecule has 0 amide bonds. The van der Waals surface area contributed by atoms with Gasteiger partial charge in [0.05, 0.1) is 13.4 Å². The van der Waals surface area contributed by atoms with Crippen LogP contribution in [0.3, 0.4) is 0 Å². The summed E-state index contributed by atoms with van der Waals surface area (Å²) in [6, 6.07) is 22.5. The van der Waals surface area contributed by atoms with Crippen LogP contribution in [0.1, 0.15) is 28.8 Å². The second-order valence-corrected chi connectivity index (χ2v) is 8.22. The molecule has 3 heterocycles. The van der Waals surface area contributed by atoms with E-state index in [9.17, 15) is 0 Å². The molecular formula is C25H28N6O2. The number of para-hydroxylation sites is 1. The highest BCUT2D eigenvalue weighted by atomic mass is 16.5. The fourth-order valence-corrected chi connectivity index (χ4v) is 4.48. The van der Waals surface area contributed by atoms with Crippen molar-refractivity contribution in [2.75, 3.05) is 33.3 Å². The van der Waals surface area contributed by atoms with Gasteiger partial charge < -0.3 is 9.15 Å². The first-order valence-corrected chi connectivity index (χ1v) is 11.2. The maximum Gasteiger partial charge on any atom is 0.173 e. The molecule has 8 nitrogen and oxygen atoms in total. The Bertz CT molecular complexity index is 1140. The molecule has 1 saturated heterocycles. The van der Waals surface area contributed by atoms with E-state index in [1.807, 2.05) is 35.0 Å². The van der Waals surface area contributed by atoms with Gasteiger partial charge in [-0.3, -0.25) is 9.80 Å². The quantitative estimate of drug-likeness (QED) is 0.413. The predicted octanol–water partition coefficient (Wildman–Crippen LogP) is 3.23. The highest BCUT2D eigenvalue weighted by molar-refractivity contribution is 5.39. The Morgan fingerprint density at radius 2 is 1.70 bits per heavy atom. The smallest absolute Gasteiger partial charge is 0.173 e. The highest BCUT2D eigenvalue weighted by Gasteiger charge is 2.32. The summed E-state index contributed by atoms with van der Waals surface area (Å²) in [6.45, 7) is 5.20. The number of nitrogens with zero attached hydrogens (tertiary/aromatic N) is 6. The molecule has 33 heavy (non-hydrogen) atoms. The van der Waals surface area contributed by atoms with Crippen LogP contribution in [0.2, 0.25) is 0 Å². The van der Waals surface area contributed by atoms with E-state index in [-0.39, 0.29) is 6.04 Å². The van der Waals surface area contributed by atoms with Crippen molar-refractivity contribution in [3.8, 4) is 5.75 Å². The monoisotopic (exact) mass is 444 g/mol. The van der Waals surface area contributed by atoms with Crippen molar-refractivity contribution in [2.45, 2.75) is 19.1 Å². The zero-order valence-corrected chi connectivity index (χ0v) is 18.7. The van der Waals surface area contributed by atoms with Crippen molar-refractivity contribution < 1.29 is 9.15 Å². The molecule has 8 heteroatoms. The summed E-state index contributed by atoms with van der Waals surface area (Å²) in [6.07, 6.45) is 1.67. The number of aromatic nitrogens is 4. The Kier molecular flexibility index (Phi) is 6.46. The van der Waals surface area contributed by atoms with Crippen LogP contribution in [-0.2, 0) is 13.1 Å². The normalized spacial score (nSPS) is 16.0. The van der Waals surface area contributed by atoms with E-state index < -0.39 is 0 Å². The average molecular weight is 445 g/mol. The summed E-state index contributed by atoms with van der Waals surface area (Å²) in [5, 5.41) is 12.8. The van der Waals surface area contributed by atoms with Crippen molar-refractivity contribution >= 4 is 0 Å². The lowest BCUT2D eigenvalue weighted by molar-refractivity contribution is 0.0992. The van der Waals surface area contributed by atoms with Crippen molar-refractivity contribution in [1.29, 1.82) is 0 Å². The molecule has 1 aliphatic heterocycles. The summed E-state index contributed by atoms with van der Waals surface area (Å²) in [7, 11) is 1.71. The van der Waals surface area contributed by atoms with Crippen molar-refractivity contribution in [2.24, 2.45) is 0 Å². The Labute approximate surface area is 193 Å². The van der Waals surface area contributed by atoms with Crippen LogP contribution in [0, 0.1) is 0 Å². The SMILES string of the molecule is COc1ccccc1C(c1nnnn1Cc1ccco1)N1CCN(Cc2ccccc2)CC1. The van der Waals surface area contributed by atoms with Gasteiger partial charge >= 0.3 is 0 Å². The summed E-state index contributed by atoms with van der Waals surface area (Å²) < 4.78 is 13.1. The summed E-state index contributed by atoms with van der Waals surface area (Å²) in [5.74, 6) is 2.43. The molecule has 1 unspecified atom stereocenters. The molecule has 0 saturated carbocycles. The molecule has 0 spiro atoms. The Balaban J connectivity index is 1.41. The summed E-state index contributed by atoms with van der Waals surface area (Å²) >= 11 is 0. The van der Waals surface area contributed by atoms with Gasteiger partial charge in [0.15, 0.2) is 5.82 Å². The molecular weight excluding hydrogens is 416 g/mol. The zero-order chi connectivity index (χ0) is 22.5. The fraction of sp³-hybridized carbons (Fsp3) is 0.320. The van der Waals surface area contributed by atoms with Gasteiger partial charge in [-0.25, -0.2) is 4.68 Å². The summed E-state index contributed by atoms with van der Waals surface area (Å²) in [5.41, 5.74) is 2.40. The second kappa shape index (κ2) is 9.97. The Morgan fingerprint density at radius 3 is 2.45 bits per heavy atom. The average Bonchev–Trinajstić information content (AvgIpc) is 3.54. The van der Waals surface area contributed by atoms with Gasteiger partial charge in [-0.2, -0.15) is 0 Å². The van der Waals surface area contributed by atoms with Crippen LogP contribution < -0.4 is 4.74 Å². The van der Waals surface area contributed by atoms with Gasteiger partial charge in [-0.1, -0.05) is 48.5 Å². The molecule has 1 aliphatic rings. The van der Waals surface area contributed by atoms with Crippen LogP contribution in [-0.4, -0.2) is 63.3 Å². The maximum atomic E-state index is 5.73. The number of tetrazole rings is 1. The number of ether oxygens (including phenoxy) is 1. The highest BCUT2D eigenvalue weighted by Crippen LogP contribution is 2.34. The number of hydrogen-bond donors (Lipinski definition) is 0. The minimum absolute atomic E-state index is 0.120. The van der Waals surface area contributed by atoms with E-state index in [1.165, 1.54) is 5.56 Å². The molecule has 1 fully saturated rings. The lowest BCUT2D eigenvalue weighted by Crippen LogP contribution is -2.48. The van der Waals surface area contributed by atoms with Crippen molar-refractivity contribution in [3.63, 3.8) is 0 Å². The first kappa shape index (κ1) is 21.4. The van der Waals surface area contributed by atoms with Crippen molar-refractivity contribution in [1.82, 2.24) is 30.0 Å². The molecule has 1 atom stereocenters. The standard InChI is InChI=1S/C25H28N6O2/c1-32-23-12-6-5-11-22(23)24(25-26-27-28-31(25)19-21-10-7-17-33-21)30-15-13-29(14-16-30)18-20-8-3-2-4-9-20/h2-12,17,24H,13-16,18-19H2,1H3. The van der Waals surface area contributed by atoms with E-state index >= 15 is 0 Å². The topological polar surface area (TPSA) is 72.4 Å². The molecule has 0 radical (unpaired) electrons. The van der Waals surface area contributed by atoms with Crippen molar-refractivity contribution in [3.05, 3.63) is 95.7 Å². The molecule has 0 aliphatic carbocycles. The van der Waals surface area contributed by atoms with Gasteiger partial charge in [0, 0.05) is 38.3 Å². The molecule has 2 aromatic heterocycles. The van der Waals surface area contributed by atoms with E-state index in [2.05, 4.69) is 61.7 Å². The molecule has 170 valence electrons. The first-order valence-electron chi connectivity index (χ1n) is 11.2. The van der Waals surface area contributed by atoms with Crippen LogP contribution in [0.5, 0.6) is 5.75 Å². The number of rotatable bonds is 8. The predicted molar refractivity (Wildman–Crippen MR) is 124 cm³/mol. The Morgan fingerprint density at radius 1 is 0.909 bits per heavy atom. The van der Waals surface area contributed by atoms with Gasteiger partial charge in [-0.15, -0.1) is 5.10 Å². The fourth-order valence-electron chi connectivity index (χ4n) is 4.48. The third kappa shape index (κ3) is 4.81. The molecule has 2 aromatic carbocycles. The molecule has 5 rings (SSSR count). The first-order chi connectivity index (χ1) is 16.3. The maximum absolute atomic E-state index is 5.73. The lowest BCUT2D eigenvalue weighted by atomic mass is 10.0. The number of furan rings is 1. The third-order valence-corrected chi connectivity index (χ3v) is 6.14. The van der Waals surface area contributed by atoms with E-state index in [1.54, 1.807) is 13.4 Å². The molecule has 0 bridgehead atoms. The number of benzene rings is 2. The number of piperazine rings is 1. The van der Waals surface area contributed by atoms with Crippen LogP contribution in [0.15, 0.2) is 77.4 Å². The molecule has 4 aromatic rings. The van der Waals surface area contributed by atoms with Crippen LogP contribution in [0.25, 0.3) is 0 Å². The zero-order valence-electron chi connectivity index (χ0n) is 18.7. The number of hydrogen-bond acceptors (Lipinski definition) is 7. The van der Waals surface area contributed by atoms with E-state index in [0.717, 1.165) is 55.6 Å². The van der Waals surface area contributed by atoms with Crippen LogP contribution >= 0.6 is 0 Å². The number of methoxy groups -OCH3 is 1. The van der Waals surface area contributed by atoms with Gasteiger partial charge in [-0.05, 0) is 34.2 Å².